The van der Waals surface area contributed by atoms with Crippen molar-refractivity contribution in [2.75, 3.05) is 11.5 Å². The van der Waals surface area contributed by atoms with Gasteiger partial charge in [0.15, 0.2) is 0 Å². The van der Waals surface area contributed by atoms with Crippen LogP contribution in [0.1, 0.15) is 0 Å². The van der Waals surface area contributed by atoms with E-state index in [1.807, 2.05) is 11.8 Å². The van der Waals surface area contributed by atoms with E-state index >= 15 is 0 Å². The molecule has 1 aliphatic heterocycles. The normalized spacial score (nSPS) is 19.4. The maximum absolute atomic E-state index is 4.97. The van der Waals surface area contributed by atoms with Gasteiger partial charge in [-0.1, -0.05) is 5.92 Å². The van der Waals surface area contributed by atoms with Crippen LogP contribution in [0.4, 0.5) is 0 Å². The SMILES string of the molecule is NC#CC1CSC1. The van der Waals surface area contributed by atoms with Crippen LogP contribution in [-0.2, 0) is 0 Å². The average Bonchev–Trinajstić information content (AvgIpc) is 1.55. The molecule has 0 amide bonds. The lowest BCUT2D eigenvalue weighted by atomic mass is 10.2. The lowest BCUT2D eigenvalue weighted by Crippen LogP contribution is -2.15. The van der Waals surface area contributed by atoms with Gasteiger partial charge in [-0.25, -0.2) is 0 Å². The van der Waals surface area contributed by atoms with Crippen LogP contribution in [0.5, 0.6) is 0 Å². The standard InChI is InChI=1S/C5H7NS/c6-2-1-5-3-7-4-5/h5H,3-4,6H2. The molecule has 0 aromatic heterocycles. The molecular weight excluding hydrogens is 106 g/mol. The number of rotatable bonds is 0. The van der Waals surface area contributed by atoms with E-state index < -0.39 is 0 Å². The van der Waals surface area contributed by atoms with Gasteiger partial charge in [-0.2, -0.15) is 11.8 Å². The zero-order chi connectivity index (χ0) is 5.11. The second-order valence-electron chi connectivity index (χ2n) is 1.52. The Hall–Kier alpha value is -0.290. The van der Waals surface area contributed by atoms with Crippen LogP contribution in [0.15, 0.2) is 0 Å². The van der Waals surface area contributed by atoms with E-state index in [9.17, 15) is 0 Å². The Balaban J connectivity index is 2.23. The highest BCUT2D eigenvalue weighted by Crippen LogP contribution is 2.22. The summed E-state index contributed by atoms with van der Waals surface area (Å²) in [6.07, 6.45) is 0. The Kier molecular flexibility index (Phi) is 1.48. The summed E-state index contributed by atoms with van der Waals surface area (Å²) in [5.74, 6) is 5.86. The predicted octanol–water partition coefficient (Wildman–Crippen LogP) is 0.269. The van der Waals surface area contributed by atoms with Crippen LogP contribution in [-0.4, -0.2) is 11.5 Å². The van der Waals surface area contributed by atoms with Gasteiger partial charge in [0.1, 0.15) is 0 Å². The Morgan fingerprint density at radius 3 is 2.43 bits per heavy atom. The van der Waals surface area contributed by atoms with Crippen molar-refractivity contribution in [3.63, 3.8) is 0 Å². The van der Waals surface area contributed by atoms with Gasteiger partial charge in [-0.05, 0) is 0 Å². The van der Waals surface area contributed by atoms with E-state index in [1.54, 1.807) is 0 Å². The Morgan fingerprint density at radius 1 is 1.57 bits per heavy atom. The van der Waals surface area contributed by atoms with Crippen LogP contribution >= 0.6 is 11.8 Å². The van der Waals surface area contributed by atoms with E-state index in [2.05, 4.69) is 12.0 Å². The smallest absolute Gasteiger partial charge is 0.0402 e. The summed E-state index contributed by atoms with van der Waals surface area (Å²) in [6.45, 7) is 0. The summed E-state index contributed by atoms with van der Waals surface area (Å²) in [4.78, 5) is 0. The van der Waals surface area contributed by atoms with E-state index in [1.165, 1.54) is 11.5 Å². The van der Waals surface area contributed by atoms with E-state index in [4.69, 9.17) is 5.73 Å². The molecule has 2 heteroatoms. The zero-order valence-corrected chi connectivity index (χ0v) is 4.79. The fraction of sp³-hybridized carbons (Fsp3) is 0.600. The molecule has 0 aromatic carbocycles. The largest absolute Gasteiger partial charge is 0.359 e. The predicted molar refractivity (Wildman–Crippen MR) is 32.8 cm³/mol. The molecule has 1 heterocycles. The highest BCUT2D eigenvalue weighted by atomic mass is 32.2. The van der Waals surface area contributed by atoms with Crippen molar-refractivity contribution in [1.82, 2.24) is 0 Å². The third kappa shape index (κ3) is 1.04. The fourth-order valence-electron chi connectivity index (χ4n) is 0.437. The Morgan fingerprint density at radius 2 is 2.29 bits per heavy atom. The van der Waals surface area contributed by atoms with Gasteiger partial charge < -0.3 is 5.73 Å². The first-order chi connectivity index (χ1) is 3.43. The maximum Gasteiger partial charge on any atom is 0.0402 e. The topological polar surface area (TPSA) is 26.0 Å². The number of nitrogens with two attached hydrogens (primary N) is 1. The number of thioether (sulfide) groups is 1. The van der Waals surface area contributed by atoms with Crippen LogP contribution in [0.2, 0.25) is 0 Å². The second kappa shape index (κ2) is 2.13. The minimum absolute atomic E-state index is 0.606. The van der Waals surface area contributed by atoms with Crippen molar-refractivity contribution in [3.8, 4) is 12.0 Å². The molecule has 0 spiro atoms. The van der Waals surface area contributed by atoms with Gasteiger partial charge in [0, 0.05) is 23.5 Å². The van der Waals surface area contributed by atoms with Crippen LogP contribution in [0, 0.1) is 17.9 Å². The molecule has 1 nitrogen and oxygen atoms in total. The van der Waals surface area contributed by atoms with Crippen LogP contribution in [0.3, 0.4) is 0 Å². The van der Waals surface area contributed by atoms with E-state index in [0.29, 0.717) is 5.92 Å². The van der Waals surface area contributed by atoms with Gasteiger partial charge in [-0.15, -0.1) is 0 Å². The second-order valence-corrected chi connectivity index (χ2v) is 2.60. The van der Waals surface area contributed by atoms with Crippen molar-refractivity contribution < 1.29 is 0 Å². The lowest BCUT2D eigenvalue weighted by molar-refractivity contribution is 0.847. The van der Waals surface area contributed by atoms with Crippen molar-refractivity contribution in [2.45, 2.75) is 0 Å². The van der Waals surface area contributed by atoms with Gasteiger partial charge in [-0.3, -0.25) is 0 Å². The van der Waals surface area contributed by atoms with Crippen molar-refractivity contribution in [2.24, 2.45) is 11.7 Å². The van der Waals surface area contributed by atoms with Crippen LogP contribution in [0.25, 0.3) is 0 Å². The van der Waals surface area contributed by atoms with Gasteiger partial charge in [0.05, 0.1) is 0 Å². The molecule has 1 fully saturated rings. The summed E-state index contributed by atoms with van der Waals surface area (Å²) >= 11 is 1.93. The van der Waals surface area contributed by atoms with Crippen molar-refractivity contribution >= 4 is 11.8 Å². The lowest BCUT2D eigenvalue weighted by Gasteiger charge is -2.17. The molecule has 1 rings (SSSR count). The Labute approximate surface area is 47.7 Å². The fourth-order valence-corrected chi connectivity index (χ4v) is 1.07. The molecule has 38 valence electrons. The van der Waals surface area contributed by atoms with Crippen molar-refractivity contribution in [1.29, 1.82) is 0 Å². The first-order valence-corrected chi connectivity index (χ1v) is 3.38. The zero-order valence-electron chi connectivity index (χ0n) is 3.98. The highest BCUT2D eigenvalue weighted by Gasteiger charge is 2.14. The third-order valence-electron chi connectivity index (χ3n) is 0.926. The minimum Gasteiger partial charge on any atom is -0.359 e. The number of hydrogen-bond acceptors (Lipinski definition) is 2. The molecule has 0 aliphatic carbocycles. The molecule has 1 saturated heterocycles. The molecule has 0 aromatic rings. The quantitative estimate of drug-likeness (QED) is 0.360. The molecular formula is C5H7NS. The molecule has 0 unspecified atom stereocenters. The summed E-state index contributed by atoms with van der Waals surface area (Å²) < 4.78 is 0. The first-order valence-electron chi connectivity index (χ1n) is 2.22. The van der Waals surface area contributed by atoms with E-state index in [0.717, 1.165) is 0 Å². The van der Waals surface area contributed by atoms with Gasteiger partial charge >= 0.3 is 0 Å². The molecule has 0 saturated carbocycles. The van der Waals surface area contributed by atoms with Gasteiger partial charge in [0.2, 0.25) is 0 Å². The molecule has 0 radical (unpaired) electrons. The molecule has 1 aliphatic rings. The average molecular weight is 113 g/mol. The molecule has 2 N–H and O–H groups in total. The summed E-state index contributed by atoms with van der Waals surface area (Å²) in [7, 11) is 0. The minimum atomic E-state index is 0.606. The summed E-state index contributed by atoms with van der Waals surface area (Å²) in [5, 5.41) is 0. The molecule has 0 bridgehead atoms. The summed E-state index contributed by atoms with van der Waals surface area (Å²) in [5.41, 5.74) is 4.97. The highest BCUT2D eigenvalue weighted by molar-refractivity contribution is 8.00. The number of hydrogen-bond donors (Lipinski definition) is 1. The van der Waals surface area contributed by atoms with Crippen LogP contribution < -0.4 is 5.73 Å². The molecule has 0 atom stereocenters. The Bertz CT molecular complexity index is 107. The maximum atomic E-state index is 4.97. The molecule has 7 heavy (non-hydrogen) atoms. The van der Waals surface area contributed by atoms with Crippen molar-refractivity contribution in [3.05, 3.63) is 0 Å². The third-order valence-corrected chi connectivity index (χ3v) is 2.20. The van der Waals surface area contributed by atoms with Gasteiger partial charge in [0.25, 0.3) is 0 Å². The van der Waals surface area contributed by atoms with E-state index in [-0.39, 0.29) is 0 Å². The summed E-state index contributed by atoms with van der Waals surface area (Å²) in [6, 6.07) is 2.41. The first kappa shape index (κ1) is 4.86. The monoisotopic (exact) mass is 113 g/mol.